The van der Waals surface area contributed by atoms with E-state index in [2.05, 4.69) is 22.0 Å². The monoisotopic (exact) mass is 339 g/mol. The van der Waals surface area contributed by atoms with E-state index < -0.39 is 0 Å². The number of fused-ring (bicyclic) bond motifs is 1. The molecule has 0 saturated heterocycles. The Bertz CT molecular complexity index is 906. The first kappa shape index (κ1) is 13.4. The number of nitrogens with zero attached hydrogens (tertiary/aromatic N) is 2. The normalized spacial score (nSPS) is 10.5. The van der Waals surface area contributed by atoms with Crippen LogP contribution in [0.1, 0.15) is 21.6 Å². The van der Waals surface area contributed by atoms with E-state index in [4.69, 9.17) is 5.73 Å². The molecule has 0 unspecified atom stereocenters. The van der Waals surface area contributed by atoms with Crippen molar-refractivity contribution in [3.05, 3.63) is 70.0 Å². The Balaban J connectivity index is 2.28. The van der Waals surface area contributed by atoms with E-state index in [0.29, 0.717) is 22.3 Å². The Kier molecular flexibility index (Phi) is 3.24. The van der Waals surface area contributed by atoms with E-state index >= 15 is 0 Å². The van der Waals surface area contributed by atoms with Crippen LogP contribution >= 0.6 is 15.9 Å². The molecule has 2 heterocycles. The molecule has 0 radical (unpaired) electrons. The lowest BCUT2D eigenvalue weighted by atomic mass is 10.1. The Morgan fingerprint density at radius 2 is 2.05 bits per heavy atom. The molecule has 0 amide bonds. The van der Waals surface area contributed by atoms with Crippen LogP contribution in [0.25, 0.3) is 5.52 Å². The number of hydrogen-bond donors (Lipinski definition) is 1. The highest BCUT2D eigenvalue weighted by Crippen LogP contribution is 2.28. The molecule has 3 aromatic rings. The van der Waals surface area contributed by atoms with Gasteiger partial charge in [-0.1, -0.05) is 34.1 Å². The highest BCUT2D eigenvalue weighted by atomic mass is 79.9. The lowest BCUT2D eigenvalue weighted by molar-refractivity contribution is 0.103. The SMILES string of the molecule is N#Cc1c(N)c(C(=O)c2cccc(Br)c2)n2ccccc12. The number of anilines is 1. The molecule has 2 aromatic heterocycles. The lowest BCUT2D eigenvalue weighted by Gasteiger charge is -2.04. The molecule has 0 bridgehead atoms. The zero-order valence-corrected chi connectivity index (χ0v) is 12.5. The first-order valence-corrected chi connectivity index (χ1v) is 7.01. The van der Waals surface area contributed by atoms with Gasteiger partial charge in [0.1, 0.15) is 17.3 Å². The van der Waals surface area contributed by atoms with Gasteiger partial charge in [-0.05, 0) is 24.3 Å². The molecule has 4 nitrogen and oxygen atoms in total. The van der Waals surface area contributed by atoms with Gasteiger partial charge in [-0.15, -0.1) is 0 Å². The standard InChI is InChI=1S/C16H10BrN3O/c17-11-5-3-4-10(8-11)16(21)15-14(19)12(9-18)13-6-1-2-7-20(13)15/h1-8H,19H2. The van der Waals surface area contributed by atoms with Gasteiger partial charge in [0.2, 0.25) is 5.78 Å². The van der Waals surface area contributed by atoms with E-state index in [9.17, 15) is 10.1 Å². The number of carbonyl (C=O) groups is 1. The smallest absolute Gasteiger partial charge is 0.211 e. The fraction of sp³-hybridized carbons (Fsp3) is 0. The quantitative estimate of drug-likeness (QED) is 0.727. The van der Waals surface area contributed by atoms with Crippen molar-refractivity contribution in [3.63, 3.8) is 0 Å². The molecule has 1 aromatic carbocycles. The molecule has 21 heavy (non-hydrogen) atoms. The summed E-state index contributed by atoms with van der Waals surface area (Å²) < 4.78 is 2.48. The fourth-order valence-electron chi connectivity index (χ4n) is 2.34. The van der Waals surface area contributed by atoms with Gasteiger partial charge >= 0.3 is 0 Å². The number of nitriles is 1. The van der Waals surface area contributed by atoms with Crippen LogP contribution < -0.4 is 5.73 Å². The van der Waals surface area contributed by atoms with Crippen molar-refractivity contribution >= 4 is 32.9 Å². The molecule has 3 rings (SSSR count). The average molecular weight is 340 g/mol. The van der Waals surface area contributed by atoms with Crippen molar-refractivity contribution in [2.24, 2.45) is 0 Å². The second kappa shape index (κ2) is 5.08. The zero-order valence-electron chi connectivity index (χ0n) is 10.9. The summed E-state index contributed by atoms with van der Waals surface area (Å²) in [6, 6.07) is 14.5. The van der Waals surface area contributed by atoms with Gasteiger partial charge < -0.3 is 10.1 Å². The number of nitrogen functional groups attached to an aromatic ring is 1. The summed E-state index contributed by atoms with van der Waals surface area (Å²) in [6.07, 6.45) is 1.73. The Hall–Kier alpha value is -2.58. The summed E-state index contributed by atoms with van der Waals surface area (Å²) in [5, 5.41) is 9.26. The van der Waals surface area contributed by atoms with Crippen LogP contribution in [0.15, 0.2) is 53.1 Å². The summed E-state index contributed by atoms with van der Waals surface area (Å²) in [6.45, 7) is 0. The molecule has 0 aliphatic rings. The number of rotatable bonds is 2. The van der Waals surface area contributed by atoms with Gasteiger partial charge in [0.25, 0.3) is 0 Å². The van der Waals surface area contributed by atoms with Gasteiger partial charge in [0.15, 0.2) is 0 Å². The van der Waals surface area contributed by atoms with Crippen LogP contribution in [0.2, 0.25) is 0 Å². The first-order chi connectivity index (χ1) is 10.1. The van der Waals surface area contributed by atoms with Crippen LogP contribution in [-0.2, 0) is 0 Å². The molecule has 0 atom stereocenters. The van der Waals surface area contributed by atoms with Crippen molar-refractivity contribution in [1.29, 1.82) is 5.26 Å². The van der Waals surface area contributed by atoms with Gasteiger partial charge in [-0.2, -0.15) is 5.26 Å². The lowest BCUT2D eigenvalue weighted by Crippen LogP contribution is -2.08. The summed E-state index contributed by atoms with van der Waals surface area (Å²) in [7, 11) is 0. The minimum atomic E-state index is -0.212. The van der Waals surface area contributed by atoms with Gasteiger partial charge in [-0.3, -0.25) is 4.79 Å². The summed E-state index contributed by atoms with van der Waals surface area (Å²) >= 11 is 3.35. The van der Waals surface area contributed by atoms with Crippen LogP contribution in [0.5, 0.6) is 0 Å². The molecule has 0 saturated carbocycles. The maximum absolute atomic E-state index is 12.7. The zero-order chi connectivity index (χ0) is 15.0. The predicted molar refractivity (Wildman–Crippen MR) is 84.1 cm³/mol. The Labute approximate surface area is 129 Å². The number of nitrogens with two attached hydrogens (primary N) is 1. The van der Waals surface area contributed by atoms with Crippen molar-refractivity contribution in [2.75, 3.05) is 5.73 Å². The molecule has 0 aliphatic carbocycles. The molecule has 0 fully saturated rings. The molecule has 5 heteroatoms. The molecule has 2 N–H and O–H groups in total. The minimum absolute atomic E-state index is 0.212. The third-order valence-electron chi connectivity index (χ3n) is 3.30. The third kappa shape index (κ3) is 2.10. The van der Waals surface area contributed by atoms with Crippen molar-refractivity contribution < 1.29 is 4.79 Å². The Morgan fingerprint density at radius 3 is 2.76 bits per heavy atom. The highest BCUT2D eigenvalue weighted by molar-refractivity contribution is 9.10. The number of benzene rings is 1. The number of ketones is 1. The number of pyridine rings is 1. The number of carbonyl (C=O) groups excluding carboxylic acids is 1. The Morgan fingerprint density at radius 1 is 1.24 bits per heavy atom. The van der Waals surface area contributed by atoms with Crippen molar-refractivity contribution in [2.45, 2.75) is 0 Å². The van der Waals surface area contributed by atoms with E-state index in [1.807, 2.05) is 12.1 Å². The summed E-state index contributed by atoms with van der Waals surface area (Å²) in [5.74, 6) is -0.212. The van der Waals surface area contributed by atoms with Crippen LogP contribution in [0, 0.1) is 11.3 Å². The molecule has 0 aliphatic heterocycles. The second-order valence-corrected chi connectivity index (χ2v) is 5.46. The van der Waals surface area contributed by atoms with Gasteiger partial charge in [-0.25, -0.2) is 0 Å². The van der Waals surface area contributed by atoms with Crippen molar-refractivity contribution in [1.82, 2.24) is 4.40 Å². The van der Waals surface area contributed by atoms with Gasteiger partial charge in [0, 0.05) is 16.2 Å². The van der Waals surface area contributed by atoms with E-state index in [0.717, 1.165) is 4.47 Å². The molecular weight excluding hydrogens is 330 g/mol. The van der Waals surface area contributed by atoms with E-state index in [-0.39, 0.29) is 11.5 Å². The molecule has 102 valence electrons. The van der Waals surface area contributed by atoms with Crippen LogP contribution in [-0.4, -0.2) is 10.2 Å². The maximum atomic E-state index is 12.7. The second-order valence-electron chi connectivity index (χ2n) is 4.54. The third-order valence-corrected chi connectivity index (χ3v) is 3.79. The van der Waals surface area contributed by atoms with Crippen LogP contribution in [0.4, 0.5) is 5.69 Å². The summed E-state index contributed by atoms with van der Waals surface area (Å²) in [5.41, 5.74) is 8.04. The number of halogens is 1. The van der Waals surface area contributed by atoms with E-state index in [1.165, 1.54) is 0 Å². The van der Waals surface area contributed by atoms with Gasteiger partial charge in [0.05, 0.1) is 11.2 Å². The maximum Gasteiger partial charge on any atom is 0.211 e. The number of aromatic nitrogens is 1. The first-order valence-electron chi connectivity index (χ1n) is 6.22. The molecular formula is C16H10BrN3O. The molecule has 0 spiro atoms. The average Bonchev–Trinajstić information content (AvgIpc) is 2.78. The highest BCUT2D eigenvalue weighted by Gasteiger charge is 2.22. The van der Waals surface area contributed by atoms with E-state index in [1.54, 1.807) is 40.9 Å². The fourth-order valence-corrected chi connectivity index (χ4v) is 2.74. The summed E-state index contributed by atoms with van der Waals surface area (Å²) in [4.78, 5) is 12.7. The minimum Gasteiger partial charge on any atom is -0.396 e. The van der Waals surface area contributed by atoms with Crippen LogP contribution in [0.3, 0.4) is 0 Å². The van der Waals surface area contributed by atoms with Crippen molar-refractivity contribution in [3.8, 4) is 6.07 Å². The largest absolute Gasteiger partial charge is 0.396 e. The topological polar surface area (TPSA) is 71.3 Å². The predicted octanol–water partition coefficient (Wildman–Crippen LogP) is 3.39. The number of hydrogen-bond acceptors (Lipinski definition) is 3.